The number of aryl methyl sites for hydroxylation is 1. The van der Waals surface area contributed by atoms with Gasteiger partial charge in [0.05, 0.1) is 5.69 Å². The molecule has 0 radical (unpaired) electrons. The summed E-state index contributed by atoms with van der Waals surface area (Å²) in [5, 5.41) is 13.9. The van der Waals surface area contributed by atoms with E-state index >= 15 is 0 Å². The van der Waals surface area contributed by atoms with Crippen LogP contribution in [-0.2, 0) is 17.4 Å². The first kappa shape index (κ1) is 11.3. The second-order valence-corrected chi connectivity index (χ2v) is 4.80. The highest BCUT2D eigenvalue weighted by Crippen LogP contribution is 2.41. The van der Waals surface area contributed by atoms with Gasteiger partial charge in [0, 0.05) is 29.5 Å². The molecule has 0 saturated heterocycles. The maximum absolute atomic E-state index is 12.1. The number of hydrogen-bond donors (Lipinski definition) is 2. The van der Waals surface area contributed by atoms with E-state index in [-0.39, 0.29) is 0 Å². The Labute approximate surface area is 109 Å². The molecule has 1 atom stereocenters. The van der Waals surface area contributed by atoms with Crippen molar-refractivity contribution in [2.45, 2.75) is 5.60 Å². The summed E-state index contributed by atoms with van der Waals surface area (Å²) in [7, 11) is 1.78. The first-order chi connectivity index (χ1) is 8.53. The maximum atomic E-state index is 12.1. The molecule has 18 heavy (non-hydrogen) atoms. The number of aromatic nitrogens is 1. The van der Waals surface area contributed by atoms with Crippen LogP contribution in [0.2, 0.25) is 5.02 Å². The zero-order chi connectivity index (χ0) is 12.9. The van der Waals surface area contributed by atoms with Gasteiger partial charge in [-0.2, -0.15) is 0 Å². The normalized spacial score (nSPS) is 21.8. The van der Waals surface area contributed by atoms with Gasteiger partial charge < -0.3 is 15.0 Å². The highest BCUT2D eigenvalue weighted by atomic mass is 35.5. The lowest BCUT2D eigenvalue weighted by molar-refractivity contribution is -0.130. The minimum Gasteiger partial charge on any atom is -0.371 e. The van der Waals surface area contributed by atoms with E-state index in [0.29, 0.717) is 22.0 Å². The number of hydrogen-bond acceptors (Lipinski definition) is 2. The maximum Gasteiger partial charge on any atom is 0.267 e. The van der Waals surface area contributed by atoms with Gasteiger partial charge in [0.1, 0.15) is 0 Å². The molecule has 1 amide bonds. The van der Waals surface area contributed by atoms with Crippen LogP contribution in [0.5, 0.6) is 0 Å². The molecule has 0 fully saturated rings. The van der Waals surface area contributed by atoms with Crippen LogP contribution in [0.1, 0.15) is 11.3 Å². The van der Waals surface area contributed by atoms with E-state index < -0.39 is 11.5 Å². The van der Waals surface area contributed by atoms with Gasteiger partial charge in [0.2, 0.25) is 5.60 Å². The van der Waals surface area contributed by atoms with Crippen LogP contribution in [0.3, 0.4) is 0 Å². The first-order valence-corrected chi connectivity index (χ1v) is 5.87. The molecule has 2 aromatic rings. The predicted octanol–water partition coefficient (Wildman–Crippen LogP) is 1.87. The molecule has 1 aliphatic rings. The average Bonchev–Trinajstić information content (AvgIpc) is 2.85. The van der Waals surface area contributed by atoms with Crippen molar-refractivity contribution in [2.75, 3.05) is 5.32 Å². The number of benzene rings is 1. The molecule has 92 valence electrons. The number of carbonyl (C=O) groups excluding carboxylic acids is 1. The molecule has 0 saturated carbocycles. The third-order valence-corrected chi connectivity index (χ3v) is 3.50. The van der Waals surface area contributed by atoms with Gasteiger partial charge >= 0.3 is 0 Å². The van der Waals surface area contributed by atoms with Crippen molar-refractivity contribution in [1.82, 2.24) is 4.57 Å². The van der Waals surface area contributed by atoms with Crippen molar-refractivity contribution in [3.8, 4) is 0 Å². The van der Waals surface area contributed by atoms with Crippen LogP contribution in [0.25, 0.3) is 0 Å². The summed E-state index contributed by atoms with van der Waals surface area (Å²) in [4.78, 5) is 12.1. The Bertz CT molecular complexity index is 650. The summed E-state index contributed by atoms with van der Waals surface area (Å²) in [5.74, 6) is -0.457. The molecule has 1 aliphatic heterocycles. The third-order valence-electron chi connectivity index (χ3n) is 3.26. The number of halogens is 1. The second-order valence-electron chi connectivity index (χ2n) is 4.36. The molecule has 3 rings (SSSR count). The van der Waals surface area contributed by atoms with Crippen molar-refractivity contribution < 1.29 is 9.90 Å². The summed E-state index contributed by atoms with van der Waals surface area (Å²) >= 11 is 5.94. The Morgan fingerprint density at radius 3 is 2.83 bits per heavy atom. The van der Waals surface area contributed by atoms with Gasteiger partial charge in [-0.1, -0.05) is 11.6 Å². The van der Waals surface area contributed by atoms with Crippen molar-refractivity contribution in [1.29, 1.82) is 0 Å². The van der Waals surface area contributed by atoms with Crippen LogP contribution in [0.15, 0.2) is 36.5 Å². The highest BCUT2D eigenvalue weighted by molar-refractivity contribution is 6.31. The van der Waals surface area contributed by atoms with Crippen molar-refractivity contribution in [3.05, 3.63) is 52.8 Å². The molecular weight excluding hydrogens is 252 g/mol. The Kier molecular flexibility index (Phi) is 2.27. The summed E-state index contributed by atoms with van der Waals surface area (Å²) < 4.78 is 1.72. The van der Waals surface area contributed by atoms with Crippen LogP contribution in [0, 0.1) is 0 Å². The highest BCUT2D eigenvalue weighted by Gasteiger charge is 2.48. The van der Waals surface area contributed by atoms with E-state index in [1.165, 1.54) is 0 Å². The fourth-order valence-corrected chi connectivity index (χ4v) is 2.52. The van der Waals surface area contributed by atoms with Gasteiger partial charge in [-0.15, -0.1) is 0 Å². The smallest absolute Gasteiger partial charge is 0.267 e. The van der Waals surface area contributed by atoms with Gasteiger partial charge in [-0.25, -0.2) is 0 Å². The van der Waals surface area contributed by atoms with Gasteiger partial charge in [-0.05, 0) is 30.3 Å². The Balaban J connectivity index is 2.28. The van der Waals surface area contributed by atoms with Crippen LogP contribution < -0.4 is 5.32 Å². The number of carbonyl (C=O) groups is 1. The number of amides is 1. The van der Waals surface area contributed by atoms with E-state index in [1.54, 1.807) is 48.1 Å². The zero-order valence-corrected chi connectivity index (χ0v) is 10.4. The Morgan fingerprint density at radius 2 is 2.17 bits per heavy atom. The fraction of sp³-hybridized carbons (Fsp3) is 0.154. The van der Waals surface area contributed by atoms with Crippen molar-refractivity contribution >= 4 is 23.2 Å². The fourth-order valence-electron chi connectivity index (χ4n) is 2.35. The summed E-state index contributed by atoms with van der Waals surface area (Å²) in [6, 6.07) is 8.48. The molecule has 0 unspecified atom stereocenters. The quantitative estimate of drug-likeness (QED) is 0.824. The average molecular weight is 263 g/mol. The monoisotopic (exact) mass is 262 g/mol. The summed E-state index contributed by atoms with van der Waals surface area (Å²) in [6.07, 6.45) is 1.78. The van der Waals surface area contributed by atoms with Gasteiger partial charge in [0.15, 0.2) is 0 Å². The number of fused-ring (bicyclic) bond motifs is 1. The van der Waals surface area contributed by atoms with Crippen LogP contribution >= 0.6 is 11.6 Å². The van der Waals surface area contributed by atoms with Crippen molar-refractivity contribution in [3.63, 3.8) is 0 Å². The lowest BCUT2D eigenvalue weighted by Crippen LogP contribution is -2.37. The molecule has 1 aromatic heterocycles. The summed E-state index contributed by atoms with van der Waals surface area (Å²) in [6.45, 7) is 0. The Morgan fingerprint density at radius 1 is 1.39 bits per heavy atom. The topological polar surface area (TPSA) is 54.3 Å². The first-order valence-electron chi connectivity index (χ1n) is 5.49. The molecule has 4 nitrogen and oxygen atoms in total. The van der Waals surface area contributed by atoms with E-state index in [9.17, 15) is 9.90 Å². The molecule has 5 heteroatoms. The molecular formula is C13H11ClN2O2. The van der Waals surface area contributed by atoms with E-state index in [2.05, 4.69) is 5.32 Å². The third kappa shape index (κ3) is 1.33. The number of anilines is 1. The van der Waals surface area contributed by atoms with Gasteiger partial charge in [0.25, 0.3) is 5.91 Å². The minimum absolute atomic E-state index is 0.457. The molecule has 0 spiro atoms. The number of rotatable bonds is 1. The molecule has 1 aromatic carbocycles. The van der Waals surface area contributed by atoms with E-state index in [1.807, 2.05) is 0 Å². The van der Waals surface area contributed by atoms with Crippen molar-refractivity contribution in [2.24, 2.45) is 7.05 Å². The summed E-state index contributed by atoms with van der Waals surface area (Å²) in [5.41, 5.74) is -0.0886. The molecule has 2 heterocycles. The molecule has 2 N–H and O–H groups in total. The zero-order valence-electron chi connectivity index (χ0n) is 9.64. The van der Waals surface area contributed by atoms with Crippen LogP contribution in [-0.4, -0.2) is 15.6 Å². The van der Waals surface area contributed by atoms with Gasteiger partial charge in [-0.3, -0.25) is 4.79 Å². The minimum atomic E-state index is -1.68. The van der Waals surface area contributed by atoms with E-state index in [4.69, 9.17) is 11.6 Å². The molecule has 0 aliphatic carbocycles. The molecule has 0 bridgehead atoms. The lowest BCUT2D eigenvalue weighted by Gasteiger charge is -2.21. The number of nitrogens with zero attached hydrogens (tertiary/aromatic N) is 1. The Hall–Kier alpha value is -1.78. The van der Waals surface area contributed by atoms with Crippen LogP contribution in [0.4, 0.5) is 5.69 Å². The number of aliphatic hydroxyl groups is 1. The lowest BCUT2D eigenvalue weighted by atomic mass is 9.92. The number of nitrogens with one attached hydrogen (secondary N) is 1. The standard InChI is InChI=1S/C13H11ClN2O2/c1-16-6-2-3-11(16)13(18)9-7-8(14)4-5-10(9)15-12(13)17/h2-7,18H,1H3,(H,15,17)/t13-/m0/s1. The SMILES string of the molecule is Cn1cccc1[C@]1(O)C(=O)Nc2ccc(Cl)cc21. The van der Waals surface area contributed by atoms with E-state index in [0.717, 1.165) is 0 Å². The predicted molar refractivity (Wildman–Crippen MR) is 68.5 cm³/mol. The second kappa shape index (κ2) is 3.60. The largest absolute Gasteiger partial charge is 0.371 e.